The molecule has 0 unspecified atom stereocenters. The van der Waals surface area contributed by atoms with E-state index >= 15 is 0 Å². The molecular formula is C18H21NO3S. The maximum atomic E-state index is 12.9. The molecule has 3 rings (SSSR count). The van der Waals surface area contributed by atoms with E-state index in [9.17, 15) is 13.5 Å². The van der Waals surface area contributed by atoms with E-state index in [-0.39, 0.29) is 17.4 Å². The Kier molecular flexibility index (Phi) is 3.83. The van der Waals surface area contributed by atoms with Crippen molar-refractivity contribution >= 4 is 9.84 Å². The molecule has 2 aromatic carbocycles. The predicted molar refractivity (Wildman–Crippen MR) is 90.1 cm³/mol. The van der Waals surface area contributed by atoms with E-state index in [0.29, 0.717) is 0 Å². The van der Waals surface area contributed by atoms with Gasteiger partial charge < -0.3 is 10.8 Å². The van der Waals surface area contributed by atoms with Crippen LogP contribution < -0.4 is 5.73 Å². The van der Waals surface area contributed by atoms with Crippen LogP contribution in [0.2, 0.25) is 0 Å². The normalized spacial score (nSPS) is 27.0. The highest BCUT2D eigenvalue weighted by atomic mass is 32.2. The van der Waals surface area contributed by atoms with E-state index in [1.165, 1.54) is 0 Å². The molecule has 4 nitrogen and oxygen atoms in total. The molecule has 1 aliphatic rings. The smallest absolute Gasteiger partial charge is 0.183 e. The van der Waals surface area contributed by atoms with E-state index in [4.69, 9.17) is 5.73 Å². The summed E-state index contributed by atoms with van der Waals surface area (Å²) in [5, 5.41) is 8.89. The molecule has 5 heteroatoms. The summed E-state index contributed by atoms with van der Waals surface area (Å²) < 4.78 is 25.9. The third-order valence-corrected chi connectivity index (χ3v) is 7.01. The van der Waals surface area contributed by atoms with Crippen LogP contribution in [0.15, 0.2) is 53.4 Å². The lowest BCUT2D eigenvalue weighted by atomic mass is 10.1. The molecular weight excluding hydrogens is 310 g/mol. The fourth-order valence-electron chi connectivity index (χ4n) is 3.21. The van der Waals surface area contributed by atoms with Gasteiger partial charge in [-0.3, -0.25) is 0 Å². The van der Waals surface area contributed by atoms with E-state index in [0.717, 1.165) is 16.7 Å². The molecule has 0 amide bonds. The molecule has 1 fully saturated rings. The molecule has 0 bridgehead atoms. The standard InChI is InChI=1S/C18H21NO3S/c1-12-3-7-14(8-4-12)16-17(18(16,19)11-20)23(21,22)15-9-5-13(2)6-10-15/h3-10,16-17,20H,11,19H2,1-2H3/t16-,17+,18+/m1/s1. The summed E-state index contributed by atoms with van der Waals surface area (Å²) in [5.74, 6) is -0.389. The fraction of sp³-hybridized carbons (Fsp3) is 0.333. The Hall–Kier alpha value is -1.69. The van der Waals surface area contributed by atoms with Gasteiger partial charge in [0.15, 0.2) is 9.84 Å². The van der Waals surface area contributed by atoms with E-state index in [2.05, 4.69) is 0 Å². The van der Waals surface area contributed by atoms with Gasteiger partial charge in [0.05, 0.1) is 22.3 Å². The third-order valence-electron chi connectivity index (χ3n) is 4.70. The number of hydrogen-bond donors (Lipinski definition) is 2. The van der Waals surface area contributed by atoms with Crippen molar-refractivity contribution < 1.29 is 13.5 Å². The van der Waals surface area contributed by atoms with Gasteiger partial charge in [-0.1, -0.05) is 47.5 Å². The molecule has 0 heterocycles. The quantitative estimate of drug-likeness (QED) is 0.897. The first kappa shape index (κ1) is 16.2. The molecule has 122 valence electrons. The Labute approximate surface area is 136 Å². The first-order chi connectivity index (χ1) is 10.8. The van der Waals surface area contributed by atoms with E-state index in [1.54, 1.807) is 24.3 Å². The minimum Gasteiger partial charge on any atom is -0.394 e. The molecule has 2 aromatic rings. The number of rotatable bonds is 4. The van der Waals surface area contributed by atoms with Gasteiger partial charge in [-0.25, -0.2) is 8.42 Å². The summed E-state index contributed by atoms with van der Waals surface area (Å²) >= 11 is 0. The average molecular weight is 331 g/mol. The van der Waals surface area contributed by atoms with Crippen molar-refractivity contribution in [2.45, 2.75) is 35.4 Å². The Morgan fingerprint density at radius 1 is 1.00 bits per heavy atom. The minimum absolute atomic E-state index is 0.256. The summed E-state index contributed by atoms with van der Waals surface area (Å²) in [6.45, 7) is 3.52. The van der Waals surface area contributed by atoms with Crippen molar-refractivity contribution in [3.63, 3.8) is 0 Å². The second-order valence-corrected chi connectivity index (χ2v) is 8.51. The summed E-state index contributed by atoms with van der Waals surface area (Å²) in [5.41, 5.74) is 8.05. The maximum absolute atomic E-state index is 12.9. The summed E-state index contributed by atoms with van der Waals surface area (Å²) in [6, 6.07) is 14.4. The third kappa shape index (κ3) is 2.59. The molecule has 0 aliphatic heterocycles. The van der Waals surface area contributed by atoms with Crippen LogP contribution in [-0.2, 0) is 9.84 Å². The van der Waals surface area contributed by atoms with Crippen LogP contribution in [-0.4, -0.2) is 30.9 Å². The van der Waals surface area contributed by atoms with Gasteiger partial charge in [-0.15, -0.1) is 0 Å². The maximum Gasteiger partial charge on any atom is 0.183 e. The molecule has 0 radical (unpaired) electrons. The average Bonchev–Trinajstić information content (AvgIpc) is 3.16. The SMILES string of the molecule is Cc1ccc([C@@H]2[C@H](S(=O)(=O)c3ccc(C)cc3)[C@]2(N)CO)cc1. The lowest BCUT2D eigenvalue weighted by Gasteiger charge is -2.08. The molecule has 3 atom stereocenters. The van der Waals surface area contributed by atoms with Crippen LogP contribution in [0.3, 0.4) is 0 Å². The highest BCUT2D eigenvalue weighted by Crippen LogP contribution is 2.55. The molecule has 0 spiro atoms. The van der Waals surface area contributed by atoms with Gasteiger partial charge in [0.25, 0.3) is 0 Å². The van der Waals surface area contributed by atoms with Crippen molar-refractivity contribution in [1.82, 2.24) is 0 Å². The van der Waals surface area contributed by atoms with Gasteiger partial charge >= 0.3 is 0 Å². The Bertz CT molecular complexity index is 812. The Morgan fingerprint density at radius 2 is 1.48 bits per heavy atom. The highest BCUT2D eigenvalue weighted by molar-refractivity contribution is 7.92. The number of benzene rings is 2. The van der Waals surface area contributed by atoms with Gasteiger partial charge in [0.1, 0.15) is 0 Å². The number of aryl methyl sites for hydroxylation is 2. The second kappa shape index (κ2) is 5.44. The van der Waals surface area contributed by atoms with E-state index in [1.807, 2.05) is 38.1 Å². The first-order valence-electron chi connectivity index (χ1n) is 7.57. The summed E-state index contributed by atoms with van der Waals surface area (Å²) in [6.07, 6.45) is 0. The van der Waals surface area contributed by atoms with Crippen LogP contribution in [0.4, 0.5) is 0 Å². The van der Waals surface area contributed by atoms with Crippen molar-refractivity contribution in [1.29, 1.82) is 0 Å². The lowest BCUT2D eigenvalue weighted by molar-refractivity contribution is 0.253. The number of nitrogens with two attached hydrogens (primary N) is 1. The zero-order valence-electron chi connectivity index (χ0n) is 13.2. The molecule has 0 saturated heterocycles. The zero-order chi connectivity index (χ0) is 16.8. The number of aliphatic hydroxyl groups excluding tert-OH is 1. The molecule has 1 aliphatic carbocycles. The first-order valence-corrected chi connectivity index (χ1v) is 9.12. The number of sulfone groups is 1. The molecule has 1 saturated carbocycles. The fourth-order valence-corrected chi connectivity index (χ4v) is 5.51. The van der Waals surface area contributed by atoms with Crippen LogP contribution in [0.25, 0.3) is 0 Å². The second-order valence-electron chi connectivity index (χ2n) is 6.44. The van der Waals surface area contributed by atoms with Crippen LogP contribution in [0.1, 0.15) is 22.6 Å². The van der Waals surface area contributed by atoms with Crippen LogP contribution >= 0.6 is 0 Å². The van der Waals surface area contributed by atoms with Gasteiger partial charge in [-0.2, -0.15) is 0 Å². The van der Waals surface area contributed by atoms with Crippen LogP contribution in [0, 0.1) is 13.8 Å². The largest absolute Gasteiger partial charge is 0.394 e. The van der Waals surface area contributed by atoms with Crippen molar-refractivity contribution in [2.24, 2.45) is 5.73 Å². The monoisotopic (exact) mass is 331 g/mol. The number of hydrogen-bond acceptors (Lipinski definition) is 4. The Balaban J connectivity index is 2.01. The predicted octanol–water partition coefficient (Wildman–Crippen LogP) is 1.93. The summed E-state index contributed by atoms with van der Waals surface area (Å²) in [7, 11) is -3.59. The number of aliphatic hydroxyl groups is 1. The van der Waals surface area contributed by atoms with E-state index < -0.39 is 20.6 Å². The Morgan fingerprint density at radius 3 is 1.96 bits per heavy atom. The lowest BCUT2D eigenvalue weighted by Crippen LogP contribution is -2.35. The summed E-state index contributed by atoms with van der Waals surface area (Å²) in [4.78, 5) is 0.256. The van der Waals surface area contributed by atoms with Gasteiger partial charge in [0.2, 0.25) is 0 Å². The molecule has 23 heavy (non-hydrogen) atoms. The van der Waals surface area contributed by atoms with Crippen molar-refractivity contribution in [2.75, 3.05) is 6.61 Å². The minimum atomic E-state index is -3.59. The van der Waals surface area contributed by atoms with Crippen molar-refractivity contribution in [3.05, 3.63) is 65.2 Å². The van der Waals surface area contributed by atoms with Crippen LogP contribution in [0.5, 0.6) is 0 Å². The van der Waals surface area contributed by atoms with Crippen molar-refractivity contribution in [3.8, 4) is 0 Å². The van der Waals surface area contributed by atoms with Gasteiger partial charge in [0, 0.05) is 5.92 Å². The molecule has 3 N–H and O–H groups in total. The highest BCUT2D eigenvalue weighted by Gasteiger charge is 2.69. The zero-order valence-corrected chi connectivity index (χ0v) is 14.0. The molecule has 0 aromatic heterocycles. The topological polar surface area (TPSA) is 80.4 Å². The van der Waals surface area contributed by atoms with Gasteiger partial charge in [-0.05, 0) is 31.5 Å².